The molecule has 0 saturated carbocycles. The molecule has 0 unspecified atom stereocenters. The van der Waals surface area contributed by atoms with E-state index in [0.29, 0.717) is 10.6 Å². The minimum Gasteiger partial charge on any atom is -0.423 e. The van der Waals surface area contributed by atoms with Crippen LogP contribution < -0.4 is 4.74 Å². The van der Waals surface area contributed by atoms with Gasteiger partial charge in [-0.15, -0.1) is 0 Å². The first kappa shape index (κ1) is 15.0. The number of ketones is 1. The van der Waals surface area contributed by atoms with Crippen molar-refractivity contribution >= 4 is 29.4 Å². The molecule has 21 heavy (non-hydrogen) atoms. The fraction of sp³-hybridized carbons (Fsp3) is 0.0588. The third-order valence-corrected chi connectivity index (χ3v) is 3.01. The second kappa shape index (κ2) is 6.86. The summed E-state index contributed by atoms with van der Waals surface area (Å²) in [5, 5.41) is 0.630. The minimum atomic E-state index is -0.543. The van der Waals surface area contributed by atoms with Gasteiger partial charge in [0, 0.05) is 11.1 Å². The SMILES string of the molecule is CC(=O)c1ccccc1OC(=O)/C=C/c1ccc(Cl)cc1. The largest absolute Gasteiger partial charge is 0.423 e. The molecule has 0 N–H and O–H groups in total. The molecule has 4 heteroatoms. The van der Waals surface area contributed by atoms with Gasteiger partial charge in [0.25, 0.3) is 0 Å². The van der Waals surface area contributed by atoms with Gasteiger partial charge in [-0.05, 0) is 42.8 Å². The van der Waals surface area contributed by atoms with E-state index >= 15 is 0 Å². The summed E-state index contributed by atoms with van der Waals surface area (Å²) < 4.78 is 5.18. The van der Waals surface area contributed by atoms with Gasteiger partial charge in [0.15, 0.2) is 5.78 Å². The van der Waals surface area contributed by atoms with E-state index in [1.807, 2.05) is 0 Å². The Labute approximate surface area is 127 Å². The van der Waals surface area contributed by atoms with Crippen molar-refractivity contribution in [3.63, 3.8) is 0 Å². The summed E-state index contributed by atoms with van der Waals surface area (Å²) in [5.41, 5.74) is 1.21. The van der Waals surface area contributed by atoms with E-state index < -0.39 is 5.97 Å². The van der Waals surface area contributed by atoms with Crippen LogP contribution in [0, 0.1) is 0 Å². The van der Waals surface area contributed by atoms with Crippen LogP contribution >= 0.6 is 11.6 Å². The molecule has 0 aliphatic heterocycles. The molecule has 0 heterocycles. The van der Waals surface area contributed by atoms with Gasteiger partial charge in [0.2, 0.25) is 0 Å². The van der Waals surface area contributed by atoms with Crippen molar-refractivity contribution in [3.05, 3.63) is 70.8 Å². The lowest BCUT2D eigenvalue weighted by Gasteiger charge is -2.05. The molecule has 2 rings (SSSR count). The van der Waals surface area contributed by atoms with Crippen molar-refractivity contribution in [2.75, 3.05) is 0 Å². The highest BCUT2D eigenvalue weighted by atomic mass is 35.5. The van der Waals surface area contributed by atoms with E-state index in [-0.39, 0.29) is 11.5 Å². The zero-order valence-corrected chi connectivity index (χ0v) is 12.1. The third kappa shape index (κ3) is 4.29. The number of benzene rings is 2. The highest BCUT2D eigenvalue weighted by Crippen LogP contribution is 2.19. The molecule has 2 aromatic carbocycles. The second-order valence-corrected chi connectivity index (χ2v) is 4.79. The predicted molar refractivity (Wildman–Crippen MR) is 82.6 cm³/mol. The van der Waals surface area contributed by atoms with Gasteiger partial charge >= 0.3 is 5.97 Å². The number of para-hydroxylation sites is 1. The monoisotopic (exact) mass is 300 g/mol. The number of carbonyl (C=O) groups excluding carboxylic acids is 2. The Morgan fingerprint density at radius 3 is 2.38 bits per heavy atom. The summed E-state index contributed by atoms with van der Waals surface area (Å²) in [4.78, 5) is 23.2. The summed E-state index contributed by atoms with van der Waals surface area (Å²) in [6, 6.07) is 13.7. The van der Waals surface area contributed by atoms with Crippen molar-refractivity contribution in [2.24, 2.45) is 0 Å². The first-order valence-corrected chi connectivity index (χ1v) is 6.69. The molecular formula is C17H13ClO3. The van der Waals surface area contributed by atoms with Gasteiger partial charge in [-0.1, -0.05) is 35.9 Å². The molecule has 0 amide bonds. The average molecular weight is 301 g/mol. The Hall–Kier alpha value is -2.39. The number of rotatable bonds is 4. The number of ether oxygens (including phenoxy) is 1. The quantitative estimate of drug-likeness (QED) is 0.368. The minimum absolute atomic E-state index is 0.153. The van der Waals surface area contributed by atoms with Crippen LogP contribution in [0.1, 0.15) is 22.8 Å². The predicted octanol–water partition coefficient (Wildman–Crippen LogP) is 4.16. The van der Waals surface area contributed by atoms with Crippen LogP contribution in [0.2, 0.25) is 5.02 Å². The summed E-state index contributed by atoms with van der Waals surface area (Å²) in [6.07, 6.45) is 2.93. The van der Waals surface area contributed by atoms with Crippen molar-refractivity contribution < 1.29 is 14.3 Å². The molecule has 106 valence electrons. The fourth-order valence-electron chi connectivity index (χ4n) is 1.73. The zero-order valence-electron chi connectivity index (χ0n) is 11.4. The standard InChI is InChI=1S/C17H13ClO3/c1-12(19)15-4-2-3-5-16(15)21-17(20)11-8-13-6-9-14(18)10-7-13/h2-11H,1H3/b11-8+. The van der Waals surface area contributed by atoms with Gasteiger partial charge in [0.1, 0.15) is 5.75 Å². The molecule has 2 aromatic rings. The normalized spacial score (nSPS) is 10.6. The summed E-state index contributed by atoms with van der Waals surface area (Å²) in [5.74, 6) is -0.436. The van der Waals surface area contributed by atoms with E-state index in [9.17, 15) is 9.59 Å². The highest BCUT2D eigenvalue weighted by Gasteiger charge is 2.09. The lowest BCUT2D eigenvalue weighted by molar-refractivity contribution is -0.128. The maximum Gasteiger partial charge on any atom is 0.336 e. The van der Waals surface area contributed by atoms with Crippen molar-refractivity contribution in [2.45, 2.75) is 6.92 Å². The lowest BCUT2D eigenvalue weighted by atomic mass is 10.1. The molecule has 0 fully saturated rings. The Balaban J connectivity index is 2.08. The van der Waals surface area contributed by atoms with Gasteiger partial charge in [-0.25, -0.2) is 4.79 Å². The summed E-state index contributed by atoms with van der Waals surface area (Å²) >= 11 is 5.78. The van der Waals surface area contributed by atoms with Crippen LogP contribution in [0.3, 0.4) is 0 Å². The number of esters is 1. The topological polar surface area (TPSA) is 43.4 Å². The van der Waals surface area contributed by atoms with Crippen molar-refractivity contribution in [3.8, 4) is 5.75 Å². The van der Waals surface area contributed by atoms with Gasteiger partial charge in [0.05, 0.1) is 5.56 Å². The van der Waals surface area contributed by atoms with Crippen LogP contribution in [-0.4, -0.2) is 11.8 Å². The molecule has 0 saturated heterocycles. The molecule has 3 nitrogen and oxygen atoms in total. The van der Waals surface area contributed by atoms with Crippen LogP contribution in [0.25, 0.3) is 6.08 Å². The summed E-state index contributed by atoms with van der Waals surface area (Å²) in [6.45, 7) is 1.43. The number of halogens is 1. The number of Topliss-reactive ketones (excluding diaryl/α,β-unsaturated/α-hetero) is 1. The maximum absolute atomic E-state index is 11.8. The first-order chi connectivity index (χ1) is 10.1. The van der Waals surface area contributed by atoms with E-state index in [0.717, 1.165) is 5.56 Å². The third-order valence-electron chi connectivity index (χ3n) is 2.76. The maximum atomic E-state index is 11.8. The van der Waals surface area contributed by atoms with E-state index in [4.69, 9.17) is 16.3 Å². The number of carbonyl (C=O) groups is 2. The van der Waals surface area contributed by atoms with Crippen LogP contribution in [0.4, 0.5) is 0 Å². The molecule has 0 atom stereocenters. The van der Waals surface area contributed by atoms with Gasteiger partial charge in [-0.2, -0.15) is 0 Å². The van der Waals surface area contributed by atoms with E-state index in [1.54, 1.807) is 54.6 Å². The highest BCUT2D eigenvalue weighted by molar-refractivity contribution is 6.30. The van der Waals surface area contributed by atoms with Crippen LogP contribution in [0.15, 0.2) is 54.6 Å². The van der Waals surface area contributed by atoms with Crippen molar-refractivity contribution in [1.82, 2.24) is 0 Å². The van der Waals surface area contributed by atoms with E-state index in [2.05, 4.69) is 0 Å². The Morgan fingerprint density at radius 1 is 1.05 bits per heavy atom. The average Bonchev–Trinajstić information content (AvgIpc) is 2.47. The molecule has 0 aliphatic carbocycles. The smallest absolute Gasteiger partial charge is 0.336 e. The lowest BCUT2D eigenvalue weighted by Crippen LogP contribution is -2.07. The van der Waals surface area contributed by atoms with Gasteiger partial charge < -0.3 is 4.74 Å². The van der Waals surface area contributed by atoms with Crippen LogP contribution in [-0.2, 0) is 4.79 Å². The molecule has 0 aromatic heterocycles. The molecule has 0 bridgehead atoms. The summed E-state index contributed by atoms with van der Waals surface area (Å²) in [7, 11) is 0. The fourth-order valence-corrected chi connectivity index (χ4v) is 1.85. The second-order valence-electron chi connectivity index (χ2n) is 4.36. The zero-order chi connectivity index (χ0) is 15.2. The molecule has 0 radical (unpaired) electrons. The van der Waals surface area contributed by atoms with Gasteiger partial charge in [-0.3, -0.25) is 4.79 Å². The Bertz CT molecular complexity index is 687. The molecule has 0 aliphatic rings. The van der Waals surface area contributed by atoms with Crippen molar-refractivity contribution in [1.29, 1.82) is 0 Å². The van der Waals surface area contributed by atoms with Crippen LogP contribution in [0.5, 0.6) is 5.75 Å². The number of hydrogen-bond donors (Lipinski definition) is 0. The molecule has 0 spiro atoms. The van der Waals surface area contributed by atoms with E-state index in [1.165, 1.54) is 13.0 Å². The Morgan fingerprint density at radius 2 is 1.71 bits per heavy atom. The molecular weight excluding hydrogens is 288 g/mol. The first-order valence-electron chi connectivity index (χ1n) is 6.31. The Kier molecular flexibility index (Phi) is 4.90. The number of hydrogen-bond acceptors (Lipinski definition) is 3.